The van der Waals surface area contributed by atoms with Gasteiger partial charge in [0.2, 0.25) is 0 Å². The van der Waals surface area contributed by atoms with Crippen LogP contribution in [0, 0.1) is 0 Å². The Morgan fingerprint density at radius 2 is 2.25 bits per heavy atom. The van der Waals surface area contributed by atoms with Crippen LogP contribution in [0.2, 0.25) is 0 Å². The highest BCUT2D eigenvalue weighted by Crippen LogP contribution is 2.34. The van der Waals surface area contributed by atoms with E-state index >= 15 is 0 Å². The number of hydrogen-bond acceptors (Lipinski definition) is 4. The van der Waals surface area contributed by atoms with Crippen LogP contribution >= 0.6 is 11.8 Å². The van der Waals surface area contributed by atoms with E-state index in [2.05, 4.69) is 17.6 Å². The summed E-state index contributed by atoms with van der Waals surface area (Å²) in [5.74, 6) is 1.61. The van der Waals surface area contributed by atoms with E-state index in [1.807, 2.05) is 11.8 Å². The molecule has 2 aliphatic rings. The minimum absolute atomic E-state index is 0.0505. The Hall–Kier alpha value is -1.89. The second-order valence-corrected chi connectivity index (χ2v) is 7.57. The molecule has 1 aliphatic heterocycles. The van der Waals surface area contributed by atoms with Gasteiger partial charge in [0.15, 0.2) is 6.61 Å². The number of carbonyl (C=O) groups is 2. The lowest BCUT2D eigenvalue weighted by Crippen LogP contribution is -2.41. The zero-order valence-electron chi connectivity index (χ0n) is 14.0. The molecule has 2 N–H and O–H groups in total. The van der Waals surface area contributed by atoms with Crippen molar-refractivity contribution in [2.45, 2.75) is 37.5 Å². The normalized spacial score (nSPS) is 22.8. The molecule has 1 heterocycles. The van der Waals surface area contributed by atoms with Gasteiger partial charge in [0.25, 0.3) is 5.91 Å². The standard InChI is InChI=1S/C17H23N3O3S/c1-3-24-15-6-4-5-12(15)19-17(22)18-11-7-8-14-13(9-11)20(2)16(21)10-23-14/h7-9,12,15H,3-6,10H2,1-2H3,(H2,18,19,22). The summed E-state index contributed by atoms with van der Waals surface area (Å²) >= 11 is 1.91. The van der Waals surface area contributed by atoms with Gasteiger partial charge in [-0.05, 0) is 36.8 Å². The number of benzene rings is 1. The number of thioether (sulfide) groups is 1. The highest BCUT2D eigenvalue weighted by molar-refractivity contribution is 7.99. The summed E-state index contributed by atoms with van der Waals surface area (Å²) in [5, 5.41) is 6.45. The first-order valence-corrected chi connectivity index (χ1v) is 9.36. The van der Waals surface area contributed by atoms with Crippen molar-refractivity contribution in [3.63, 3.8) is 0 Å². The minimum Gasteiger partial charge on any atom is -0.482 e. The summed E-state index contributed by atoms with van der Waals surface area (Å²) in [5.41, 5.74) is 1.32. The maximum atomic E-state index is 12.3. The summed E-state index contributed by atoms with van der Waals surface area (Å²) in [6.45, 7) is 2.20. The monoisotopic (exact) mass is 349 g/mol. The number of rotatable bonds is 4. The Morgan fingerprint density at radius 3 is 3.04 bits per heavy atom. The van der Waals surface area contributed by atoms with E-state index in [-0.39, 0.29) is 24.6 Å². The Labute approximate surface area is 146 Å². The molecule has 7 heteroatoms. The van der Waals surface area contributed by atoms with Gasteiger partial charge >= 0.3 is 6.03 Å². The summed E-state index contributed by atoms with van der Waals surface area (Å²) < 4.78 is 5.39. The van der Waals surface area contributed by atoms with E-state index in [4.69, 9.17) is 4.74 Å². The molecule has 1 saturated carbocycles. The average molecular weight is 349 g/mol. The summed E-state index contributed by atoms with van der Waals surface area (Å²) in [6, 6.07) is 5.35. The first kappa shape index (κ1) is 17.0. The third-order valence-electron chi connectivity index (χ3n) is 4.45. The van der Waals surface area contributed by atoms with Crippen LogP contribution in [0.25, 0.3) is 0 Å². The number of nitrogens with zero attached hydrogens (tertiary/aromatic N) is 1. The van der Waals surface area contributed by atoms with Crippen LogP contribution in [0.3, 0.4) is 0 Å². The van der Waals surface area contributed by atoms with Crippen molar-refractivity contribution in [1.82, 2.24) is 5.32 Å². The predicted molar refractivity (Wildman–Crippen MR) is 97.1 cm³/mol. The number of hydrogen-bond donors (Lipinski definition) is 2. The lowest BCUT2D eigenvalue weighted by Gasteiger charge is -2.26. The van der Waals surface area contributed by atoms with E-state index in [1.165, 1.54) is 0 Å². The molecule has 0 radical (unpaired) electrons. The molecule has 3 rings (SSSR count). The highest BCUT2D eigenvalue weighted by atomic mass is 32.2. The number of amides is 3. The average Bonchev–Trinajstić information content (AvgIpc) is 2.99. The molecule has 130 valence electrons. The van der Waals surface area contributed by atoms with Crippen LogP contribution in [0.5, 0.6) is 5.75 Å². The van der Waals surface area contributed by atoms with Gasteiger partial charge in [-0.2, -0.15) is 11.8 Å². The number of fused-ring (bicyclic) bond motifs is 1. The van der Waals surface area contributed by atoms with Gasteiger partial charge < -0.3 is 20.3 Å². The van der Waals surface area contributed by atoms with E-state index in [9.17, 15) is 9.59 Å². The molecule has 2 atom stereocenters. The fourth-order valence-corrected chi connectivity index (χ4v) is 4.39. The second kappa shape index (κ2) is 7.34. The first-order chi connectivity index (χ1) is 11.6. The van der Waals surface area contributed by atoms with E-state index < -0.39 is 0 Å². The third-order valence-corrected chi connectivity index (χ3v) is 5.78. The van der Waals surface area contributed by atoms with Crippen molar-refractivity contribution in [2.75, 3.05) is 29.6 Å². The summed E-state index contributed by atoms with van der Waals surface area (Å²) in [7, 11) is 1.71. The van der Waals surface area contributed by atoms with Crippen molar-refractivity contribution in [1.29, 1.82) is 0 Å². The molecular weight excluding hydrogens is 326 g/mol. The van der Waals surface area contributed by atoms with Crippen molar-refractivity contribution >= 4 is 35.1 Å². The number of nitrogens with one attached hydrogen (secondary N) is 2. The van der Waals surface area contributed by atoms with Crippen LogP contribution < -0.4 is 20.3 Å². The van der Waals surface area contributed by atoms with Gasteiger partial charge in [-0.1, -0.05) is 13.3 Å². The molecule has 6 nitrogen and oxygen atoms in total. The van der Waals surface area contributed by atoms with Crippen LogP contribution in [0.1, 0.15) is 26.2 Å². The van der Waals surface area contributed by atoms with Gasteiger partial charge in [0, 0.05) is 24.0 Å². The maximum absolute atomic E-state index is 12.3. The molecular formula is C17H23N3O3S. The summed E-state index contributed by atoms with van der Waals surface area (Å²) in [6.07, 6.45) is 3.35. The molecule has 1 aliphatic carbocycles. The maximum Gasteiger partial charge on any atom is 0.319 e. The molecule has 24 heavy (non-hydrogen) atoms. The molecule has 1 aromatic carbocycles. The molecule has 0 bridgehead atoms. The van der Waals surface area contributed by atoms with Gasteiger partial charge in [0.1, 0.15) is 5.75 Å². The fraction of sp³-hybridized carbons (Fsp3) is 0.529. The van der Waals surface area contributed by atoms with Crippen molar-refractivity contribution in [3.8, 4) is 5.75 Å². The SMILES string of the molecule is CCSC1CCCC1NC(=O)Nc1ccc2c(c1)N(C)C(=O)CO2. The molecule has 0 saturated heterocycles. The van der Waals surface area contributed by atoms with Gasteiger partial charge in [-0.3, -0.25) is 4.79 Å². The number of carbonyl (C=O) groups excluding carboxylic acids is 2. The summed E-state index contributed by atoms with van der Waals surface area (Å²) in [4.78, 5) is 25.6. The highest BCUT2D eigenvalue weighted by Gasteiger charge is 2.28. The smallest absolute Gasteiger partial charge is 0.319 e. The van der Waals surface area contributed by atoms with Crippen LogP contribution in [-0.2, 0) is 4.79 Å². The molecule has 0 spiro atoms. The predicted octanol–water partition coefficient (Wildman–Crippen LogP) is 2.84. The first-order valence-electron chi connectivity index (χ1n) is 8.31. The molecule has 0 aromatic heterocycles. The van der Waals surface area contributed by atoms with Crippen molar-refractivity contribution in [2.24, 2.45) is 0 Å². The van der Waals surface area contributed by atoms with Crippen LogP contribution in [0.4, 0.5) is 16.2 Å². The molecule has 3 amide bonds. The Bertz CT molecular complexity index is 638. The number of anilines is 2. The third kappa shape index (κ3) is 3.61. The molecule has 1 aromatic rings. The van der Waals surface area contributed by atoms with Gasteiger partial charge in [-0.25, -0.2) is 4.79 Å². The Kier molecular flexibility index (Phi) is 5.18. The quantitative estimate of drug-likeness (QED) is 0.877. The second-order valence-electron chi connectivity index (χ2n) is 6.05. The van der Waals surface area contributed by atoms with Crippen LogP contribution in [0.15, 0.2) is 18.2 Å². The van der Waals surface area contributed by atoms with Crippen molar-refractivity contribution < 1.29 is 14.3 Å². The lowest BCUT2D eigenvalue weighted by molar-refractivity contribution is -0.120. The van der Waals surface area contributed by atoms with Crippen molar-refractivity contribution in [3.05, 3.63) is 18.2 Å². The largest absolute Gasteiger partial charge is 0.482 e. The lowest BCUT2D eigenvalue weighted by atomic mass is 10.2. The number of urea groups is 1. The number of ether oxygens (including phenoxy) is 1. The van der Waals surface area contributed by atoms with Gasteiger partial charge in [-0.15, -0.1) is 0 Å². The zero-order chi connectivity index (χ0) is 17.1. The number of likely N-dealkylation sites (N-methyl/N-ethyl adjacent to an activating group) is 1. The van der Waals surface area contributed by atoms with Gasteiger partial charge in [0.05, 0.1) is 5.69 Å². The zero-order valence-corrected chi connectivity index (χ0v) is 14.8. The topological polar surface area (TPSA) is 70.7 Å². The van der Waals surface area contributed by atoms with E-state index in [0.29, 0.717) is 22.4 Å². The molecule has 1 fully saturated rings. The Balaban J connectivity index is 1.64. The molecule has 2 unspecified atom stereocenters. The van der Waals surface area contributed by atoms with E-state index in [1.54, 1.807) is 30.1 Å². The minimum atomic E-state index is -0.200. The van der Waals surface area contributed by atoms with Crippen LogP contribution in [-0.4, -0.2) is 42.6 Å². The van der Waals surface area contributed by atoms with E-state index in [0.717, 1.165) is 25.0 Å². The fourth-order valence-electron chi connectivity index (χ4n) is 3.19. The Morgan fingerprint density at radius 1 is 1.42 bits per heavy atom.